The van der Waals surface area contributed by atoms with Crippen LogP contribution in [0.25, 0.3) is 0 Å². The minimum absolute atomic E-state index is 0.113. The molecule has 0 spiro atoms. The zero-order valence-electron chi connectivity index (χ0n) is 8.27. The van der Waals surface area contributed by atoms with Gasteiger partial charge in [-0.2, -0.15) is 0 Å². The fourth-order valence-corrected chi connectivity index (χ4v) is 2.94. The quantitative estimate of drug-likeness (QED) is 0.553. The second kappa shape index (κ2) is 2.79. The minimum atomic E-state index is -0.862. The summed E-state index contributed by atoms with van der Waals surface area (Å²) < 4.78 is 0. The summed E-state index contributed by atoms with van der Waals surface area (Å²) in [5, 5.41) is 14.4. The van der Waals surface area contributed by atoms with Gasteiger partial charge in [-0.25, -0.2) is 0 Å². The molecule has 3 rings (SSSR count). The monoisotopic (exact) mass is 204 g/mol. The van der Waals surface area contributed by atoms with Crippen LogP contribution in [-0.2, 0) is 5.54 Å². The molecule has 1 aliphatic carbocycles. The SMILES string of the molecule is O=[N+]([O-])C12CNCC(C1)c1ccccc12. The van der Waals surface area contributed by atoms with E-state index in [0.29, 0.717) is 18.9 Å². The molecule has 15 heavy (non-hydrogen) atoms. The molecule has 0 amide bonds. The summed E-state index contributed by atoms with van der Waals surface area (Å²) in [6.07, 6.45) is 0.659. The van der Waals surface area contributed by atoms with Gasteiger partial charge in [0.15, 0.2) is 0 Å². The van der Waals surface area contributed by atoms with Crippen LogP contribution in [0.3, 0.4) is 0 Å². The van der Waals surface area contributed by atoms with Crippen LogP contribution in [0.2, 0.25) is 0 Å². The summed E-state index contributed by atoms with van der Waals surface area (Å²) in [5.74, 6) is 0.320. The number of nitro groups is 1. The fraction of sp³-hybridized carbons (Fsp3) is 0.455. The second-order valence-electron chi connectivity index (χ2n) is 4.41. The van der Waals surface area contributed by atoms with E-state index in [1.165, 1.54) is 5.56 Å². The predicted molar refractivity (Wildman–Crippen MR) is 55.3 cm³/mol. The van der Waals surface area contributed by atoms with Crippen molar-refractivity contribution in [2.45, 2.75) is 17.9 Å². The van der Waals surface area contributed by atoms with E-state index in [0.717, 1.165) is 12.1 Å². The Hall–Kier alpha value is -1.42. The Labute approximate surface area is 87.4 Å². The standard InChI is InChI=1S/C11H12N2O2/c14-13(15)11-5-8(6-12-7-11)9-3-1-2-4-10(9)11/h1-4,8,12H,5-7H2. The molecular weight excluding hydrogens is 192 g/mol. The second-order valence-corrected chi connectivity index (χ2v) is 4.41. The maximum Gasteiger partial charge on any atom is 0.260 e. The van der Waals surface area contributed by atoms with E-state index in [2.05, 4.69) is 5.32 Å². The highest BCUT2D eigenvalue weighted by atomic mass is 16.6. The molecule has 0 radical (unpaired) electrons. The Bertz CT molecular complexity index is 432. The van der Waals surface area contributed by atoms with E-state index in [9.17, 15) is 10.1 Å². The highest BCUT2D eigenvalue weighted by Crippen LogP contribution is 2.47. The normalized spacial score (nSPS) is 32.4. The summed E-state index contributed by atoms with van der Waals surface area (Å²) in [6, 6.07) is 7.79. The van der Waals surface area contributed by atoms with E-state index in [1.54, 1.807) is 0 Å². The van der Waals surface area contributed by atoms with Crippen molar-refractivity contribution in [3.8, 4) is 0 Å². The van der Waals surface area contributed by atoms with Gasteiger partial charge >= 0.3 is 0 Å². The van der Waals surface area contributed by atoms with E-state index in [-0.39, 0.29) is 4.92 Å². The van der Waals surface area contributed by atoms with Gasteiger partial charge in [-0.3, -0.25) is 10.1 Å². The van der Waals surface area contributed by atoms with Crippen molar-refractivity contribution < 1.29 is 4.92 Å². The zero-order valence-corrected chi connectivity index (χ0v) is 8.27. The smallest absolute Gasteiger partial charge is 0.260 e. The molecular formula is C11H12N2O2. The lowest BCUT2D eigenvalue weighted by Crippen LogP contribution is -2.47. The first-order valence-electron chi connectivity index (χ1n) is 5.19. The van der Waals surface area contributed by atoms with Crippen LogP contribution in [0.1, 0.15) is 23.5 Å². The third-order valence-electron chi connectivity index (χ3n) is 3.64. The third-order valence-corrected chi connectivity index (χ3v) is 3.64. The Balaban J connectivity index is 2.22. The largest absolute Gasteiger partial charge is 0.309 e. The van der Waals surface area contributed by atoms with E-state index < -0.39 is 5.54 Å². The number of nitrogens with zero attached hydrogens (tertiary/aromatic N) is 1. The number of rotatable bonds is 1. The number of nitrogens with one attached hydrogen (secondary N) is 1. The molecule has 4 nitrogen and oxygen atoms in total. The van der Waals surface area contributed by atoms with Crippen molar-refractivity contribution in [3.63, 3.8) is 0 Å². The molecule has 1 aromatic rings. The van der Waals surface area contributed by atoms with Crippen LogP contribution in [0.5, 0.6) is 0 Å². The molecule has 2 bridgehead atoms. The number of piperidine rings is 1. The number of hydrogen-bond donors (Lipinski definition) is 1. The molecule has 4 heteroatoms. The summed E-state index contributed by atoms with van der Waals surface area (Å²) in [4.78, 5) is 11.1. The van der Waals surface area contributed by atoms with Crippen molar-refractivity contribution >= 4 is 0 Å². The van der Waals surface area contributed by atoms with Gasteiger partial charge in [-0.15, -0.1) is 0 Å². The number of fused-ring (bicyclic) bond motifs is 5. The molecule has 2 atom stereocenters. The number of hydrogen-bond acceptors (Lipinski definition) is 3. The Morgan fingerprint density at radius 2 is 2.27 bits per heavy atom. The summed E-state index contributed by atoms with van der Waals surface area (Å²) in [6.45, 7) is 1.33. The van der Waals surface area contributed by atoms with Crippen LogP contribution < -0.4 is 5.32 Å². The lowest BCUT2D eigenvalue weighted by atomic mass is 9.89. The first-order valence-corrected chi connectivity index (χ1v) is 5.19. The molecule has 1 aromatic carbocycles. The van der Waals surface area contributed by atoms with Crippen LogP contribution in [0.15, 0.2) is 24.3 Å². The Kier molecular flexibility index (Phi) is 1.65. The minimum Gasteiger partial charge on any atom is -0.309 e. The van der Waals surface area contributed by atoms with Gasteiger partial charge < -0.3 is 5.32 Å². The molecule has 1 aliphatic heterocycles. The number of benzene rings is 1. The van der Waals surface area contributed by atoms with Gasteiger partial charge in [0.25, 0.3) is 5.54 Å². The summed E-state index contributed by atoms with van der Waals surface area (Å²) in [5.41, 5.74) is 1.23. The lowest BCUT2D eigenvalue weighted by molar-refractivity contribution is -0.578. The maximum atomic E-state index is 11.3. The predicted octanol–water partition coefficient (Wildman–Crippen LogP) is 1.25. The Morgan fingerprint density at radius 3 is 3.07 bits per heavy atom. The van der Waals surface area contributed by atoms with Gasteiger partial charge in [0, 0.05) is 29.4 Å². The first kappa shape index (κ1) is 8.85. The Morgan fingerprint density at radius 1 is 1.47 bits per heavy atom. The third kappa shape index (κ3) is 0.997. The van der Waals surface area contributed by atoms with Crippen molar-refractivity contribution in [1.29, 1.82) is 0 Å². The fourth-order valence-electron chi connectivity index (χ4n) is 2.94. The summed E-state index contributed by atoms with van der Waals surface area (Å²) in [7, 11) is 0. The molecule has 1 N–H and O–H groups in total. The van der Waals surface area contributed by atoms with Crippen LogP contribution in [-0.4, -0.2) is 18.0 Å². The highest BCUT2D eigenvalue weighted by molar-refractivity contribution is 5.42. The topological polar surface area (TPSA) is 55.2 Å². The molecule has 0 aromatic heterocycles. The first-order chi connectivity index (χ1) is 7.24. The van der Waals surface area contributed by atoms with Crippen LogP contribution in [0, 0.1) is 10.1 Å². The van der Waals surface area contributed by atoms with Gasteiger partial charge in [-0.05, 0) is 5.56 Å². The van der Waals surface area contributed by atoms with Crippen molar-refractivity contribution in [3.05, 3.63) is 45.5 Å². The summed E-state index contributed by atoms with van der Waals surface area (Å²) >= 11 is 0. The molecule has 1 saturated heterocycles. The highest BCUT2D eigenvalue weighted by Gasteiger charge is 2.55. The maximum absolute atomic E-state index is 11.3. The van der Waals surface area contributed by atoms with Crippen LogP contribution in [0.4, 0.5) is 0 Å². The zero-order chi connectivity index (χ0) is 10.5. The van der Waals surface area contributed by atoms with E-state index >= 15 is 0 Å². The van der Waals surface area contributed by atoms with Crippen molar-refractivity contribution in [2.75, 3.05) is 13.1 Å². The van der Waals surface area contributed by atoms with Crippen molar-refractivity contribution in [2.24, 2.45) is 0 Å². The molecule has 1 heterocycles. The molecule has 78 valence electrons. The van der Waals surface area contributed by atoms with Gasteiger partial charge in [0.2, 0.25) is 0 Å². The van der Waals surface area contributed by atoms with Gasteiger partial charge in [-0.1, -0.05) is 24.3 Å². The van der Waals surface area contributed by atoms with Gasteiger partial charge in [0.05, 0.1) is 6.54 Å². The van der Waals surface area contributed by atoms with Crippen LogP contribution >= 0.6 is 0 Å². The average molecular weight is 204 g/mol. The lowest BCUT2D eigenvalue weighted by Gasteiger charge is -2.26. The van der Waals surface area contributed by atoms with Crippen molar-refractivity contribution in [1.82, 2.24) is 5.32 Å². The average Bonchev–Trinajstić information content (AvgIpc) is 2.50. The molecule has 2 unspecified atom stereocenters. The molecule has 0 saturated carbocycles. The molecule has 1 fully saturated rings. The van der Waals surface area contributed by atoms with E-state index in [1.807, 2.05) is 24.3 Å². The van der Waals surface area contributed by atoms with E-state index in [4.69, 9.17) is 0 Å². The molecule has 2 aliphatic rings. The van der Waals surface area contributed by atoms with Gasteiger partial charge in [0.1, 0.15) is 0 Å².